The van der Waals surface area contributed by atoms with Crippen LogP contribution in [0.2, 0.25) is 0 Å². The molecule has 3 aliphatic heterocycles. The summed E-state index contributed by atoms with van der Waals surface area (Å²) in [6.45, 7) is 4.72. The Balaban J connectivity index is 1.27. The summed E-state index contributed by atoms with van der Waals surface area (Å²) < 4.78 is 30.2. The highest BCUT2D eigenvalue weighted by molar-refractivity contribution is 5.98. The van der Waals surface area contributed by atoms with Crippen molar-refractivity contribution in [2.24, 2.45) is 5.92 Å². The van der Waals surface area contributed by atoms with Crippen molar-refractivity contribution < 1.29 is 23.7 Å². The predicted molar refractivity (Wildman–Crippen MR) is 149 cm³/mol. The fourth-order valence-corrected chi connectivity index (χ4v) is 6.03. The van der Waals surface area contributed by atoms with Crippen LogP contribution in [0.3, 0.4) is 0 Å². The molecule has 0 bridgehead atoms. The van der Waals surface area contributed by atoms with Crippen molar-refractivity contribution in [1.29, 1.82) is 0 Å². The fourth-order valence-electron chi connectivity index (χ4n) is 6.03. The van der Waals surface area contributed by atoms with E-state index in [9.17, 15) is 0 Å². The molecular formula is C32H37NO5. The van der Waals surface area contributed by atoms with Crippen LogP contribution in [0.5, 0.6) is 23.0 Å². The van der Waals surface area contributed by atoms with Crippen molar-refractivity contribution in [1.82, 2.24) is 4.90 Å². The van der Waals surface area contributed by atoms with Crippen LogP contribution in [0.1, 0.15) is 43.2 Å². The number of methoxy groups -OCH3 is 2. The Bertz CT molecular complexity index is 1260. The maximum absolute atomic E-state index is 6.80. The van der Waals surface area contributed by atoms with Gasteiger partial charge in [-0.05, 0) is 74.3 Å². The lowest BCUT2D eigenvalue weighted by Crippen LogP contribution is -2.33. The molecule has 0 saturated carbocycles. The number of benzene rings is 2. The van der Waals surface area contributed by atoms with Gasteiger partial charge in [0.1, 0.15) is 41.5 Å². The molecule has 0 aromatic heterocycles. The molecule has 2 aromatic carbocycles. The number of rotatable bonds is 7. The molecule has 200 valence electrons. The Kier molecular flexibility index (Phi) is 7.32. The second-order valence-corrected chi connectivity index (χ2v) is 10.4. The van der Waals surface area contributed by atoms with Gasteiger partial charge in [-0.15, -0.1) is 0 Å². The zero-order chi connectivity index (χ0) is 25.9. The van der Waals surface area contributed by atoms with E-state index in [1.807, 2.05) is 24.3 Å². The van der Waals surface area contributed by atoms with Gasteiger partial charge in [0, 0.05) is 47.7 Å². The maximum Gasteiger partial charge on any atom is 0.131 e. The first-order valence-corrected chi connectivity index (χ1v) is 13.9. The van der Waals surface area contributed by atoms with Crippen LogP contribution in [-0.4, -0.2) is 58.1 Å². The third-order valence-corrected chi connectivity index (χ3v) is 8.08. The highest BCUT2D eigenvalue weighted by Gasteiger charge is 2.37. The number of likely N-dealkylation sites (tertiary alicyclic amines) is 1. The number of nitrogens with zero attached hydrogens (tertiary/aromatic N) is 1. The Hall–Kier alpha value is -3.38. The van der Waals surface area contributed by atoms with Crippen LogP contribution in [0.4, 0.5) is 0 Å². The first kappa shape index (κ1) is 24.9. The Morgan fingerprint density at radius 1 is 0.921 bits per heavy atom. The molecule has 4 aliphatic rings. The average Bonchev–Trinajstić information content (AvgIpc) is 3.17. The number of fused-ring (bicyclic) bond motifs is 4. The van der Waals surface area contributed by atoms with Gasteiger partial charge in [0.15, 0.2) is 0 Å². The van der Waals surface area contributed by atoms with E-state index in [-0.39, 0.29) is 12.0 Å². The molecular weight excluding hydrogens is 478 g/mol. The summed E-state index contributed by atoms with van der Waals surface area (Å²) in [6, 6.07) is 12.2. The van der Waals surface area contributed by atoms with Crippen molar-refractivity contribution in [2.75, 3.05) is 47.1 Å². The van der Waals surface area contributed by atoms with E-state index in [4.69, 9.17) is 23.7 Å². The van der Waals surface area contributed by atoms with Crippen LogP contribution in [0.25, 0.3) is 11.1 Å². The van der Waals surface area contributed by atoms with Crippen molar-refractivity contribution in [3.8, 4) is 23.0 Å². The standard InChI is InChI=1S/C32H37NO5/c1-34-24-11-13-28-29(20-24)37-18-14-27-26-12-10-25(35-2)21-30(26)38-32(31(27)28)22-6-8-23(9-7-22)36-19-17-33-15-4-3-5-16-33/h6,8-13,20-22,32H,3-5,7,14-19H2,1-2H3/t22?,32-/m0/s1. The van der Waals surface area contributed by atoms with Gasteiger partial charge in [-0.3, -0.25) is 4.90 Å². The zero-order valence-electron chi connectivity index (χ0n) is 22.4. The topological polar surface area (TPSA) is 49.4 Å². The van der Waals surface area contributed by atoms with Crippen LogP contribution >= 0.6 is 0 Å². The van der Waals surface area contributed by atoms with E-state index in [0.717, 1.165) is 65.9 Å². The summed E-state index contributed by atoms with van der Waals surface area (Å²) in [5, 5.41) is 0. The molecule has 2 atom stereocenters. The van der Waals surface area contributed by atoms with Gasteiger partial charge in [-0.2, -0.15) is 0 Å². The summed E-state index contributed by atoms with van der Waals surface area (Å²) in [5.41, 5.74) is 4.67. The molecule has 2 aromatic rings. The van der Waals surface area contributed by atoms with Crippen molar-refractivity contribution >= 4 is 11.1 Å². The average molecular weight is 516 g/mol. The molecule has 0 radical (unpaired) electrons. The highest BCUT2D eigenvalue weighted by Crippen LogP contribution is 2.49. The molecule has 6 nitrogen and oxygen atoms in total. The van der Waals surface area contributed by atoms with Crippen LogP contribution in [0, 0.1) is 5.92 Å². The van der Waals surface area contributed by atoms with Crippen molar-refractivity contribution in [3.05, 3.63) is 71.5 Å². The van der Waals surface area contributed by atoms with Crippen LogP contribution in [-0.2, 0) is 4.74 Å². The Morgan fingerprint density at radius 2 is 1.68 bits per heavy atom. The quantitative estimate of drug-likeness (QED) is 0.443. The zero-order valence-corrected chi connectivity index (χ0v) is 22.4. The van der Waals surface area contributed by atoms with E-state index in [2.05, 4.69) is 35.3 Å². The summed E-state index contributed by atoms with van der Waals surface area (Å²) in [4.78, 5) is 2.51. The van der Waals surface area contributed by atoms with Crippen LogP contribution < -0.4 is 18.9 Å². The number of piperidine rings is 1. The summed E-state index contributed by atoms with van der Waals surface area (Å²) >= 11 is 0. The summed E-state index contributed by atoms with van der Waals surface area (Å²) in [7, 11) is 3.38. The number of allylic oxidation sites excluding steroid dienone is 2. The van der Waals surface area contributed by atoms with Crippen LogP contribution in [0.15, 0.2) is 60.4 Å². The smallest absolute Gasteiger partial charge is 0.131 e. The van der Waals surface area contributed by atoms with E-state index in [1.165, 1.54) is 43.5 Å². The van der Waals surface area contributed by atoms with Gasteiger partial charge in [0.2, 0.25) is 0 Å². The van der Waals surface area contributed by atoms with Gasteiger partial charge in [-0.1, -0.05) is 12.5 Å². The largest absolute Gasteiger partial charge is 0.497 e. The minimum Gasteiger partial charge on any atom is -0.497 e. The van der Waals surface area contributed by atoms with E-state index in [0.29, 0.717) is 6.61 Å². The third-order valence-electron chi connectivity index (χ3n) is 8.08. The first-order chi connectivity index (χ1) is 18.7. The molecule has 0 N–H and O–H groups in total. The number of hydrogen-bond donors (Lipinski definition) is 0. The van der Waals surface area contributed by atoms with E-state index in [1.54, 1.807) is 14.2 Å². The molecule has 1 saturated heterocycles. The second-order valence-electron chi connectivity index (χ2n) is 10.4. The fraction of sp³-hybridized carbons (Fsp3) is 0.438. The third kappa shape index (κ3) is 5.02. The lowest BCUT2D eigenvalue weighted by atomic mass is 9.80. The van der Waals surface area contributed by atoms with Gasteiger partial charge in [0.05, 0.1) is 20.8 Å². The van der Waals surface area contributed by atoms with Gasteiger partial charge in [-0.25, -0.2) is 0 Å². The molecule has 1 fully saturated rings. The predicted octanol–water partition coefficient (Wildman–Crippen LogP) is 6.12. The first-order valence-electron chi connectivity index (χ1n) is 13.9. The number of hydrogen-bond acceptors (Lipinski definition) is 6. The normalized spacial score (nSPS) is 22.6. The molecule has 0 amide bonds. The Morgan fingerprint density at radius 3 is 2.42 bits per heavy atom. The minimum absolute atomic E-state index is 0.152. The van der Waals surface area contributed by atoms with Gasteiger partial charge in [0.25, 0.3) is 0 Å². The molecule has 6 rings (SSSR count). The second kappa shape index (κ2) is 11.2. The molecule has 3 heterocycles. The van der Waals surface area contributed by atoms with Crippen molar-refractivity contribution in [2.45, 2.75) is 38.2 Å². The van der Waals surface area contributed by atoms with Crippen molar-refractivity contribution in [3.63, 3.8) is 0 Å². The van der Waals surface area contributed by atoms with Gasteiger partial charge < -0.3 is 23.7 Å². The lowest BCUT2D eigenvalue weighted by molar-refractivity contribution is 0.146. The summed E-state index contributed by atoms with van der Waals surface area (Å²) in [5.74, 6) is 4.42. The maximum atomic E-state index is 6.80. The Labute approximate surface area is 225 Å². The molecule has 0 spiro atoms. The SMILES string of the molecule is COc1ccc2c(c1)O[C@@H](C1C=CC(OCCN3CCCCC3)=CC1)C1=C2CCOc2cc(OC)ccc21. The highest BCUT2D eigenvalue weighted by atomic mass is 16.5. The van der Waals surface area contributed by atoms with E-state index < -0.39 is 0 Å². The van der Waals surface area contributed by atoms with Gasteiger partial charge >= 0.3 is 0 Å². The molecule has 6 heteroatoms. The monoisotopic (exact) mass is 515 g/mol. The number of ether oxygens (including phenoxy) is 5. The molecule has 1 unspecified atom stereocenters. The summed E-state index contributed by atoms with van der Waals surface area (Å²) in [6.07, 6.45) is 12.1. The molecule has 1 aliphatic carbocycles. The minimum atomic E-state index is -0.152. The molecule has 38 heavy (non-hydrogen) atoms. The lowest BCUT2D eigenvalue weighted by Gasteiger charge is -2.35. The van der Waals surface area contributed by atoms with E-state index >= 15 is 0 Å².